The summed E-state index contributed by atoms with van der Waals surface area (Å²) < 4.78 is 25.6. The van der Waals surface area contributed by atoms with E-state index in [0.29, 0.717) is 33.2 Å². The summed E-state index contributed by atoms with van der Waals surface area (Å²) in [6, 6.07) is 13.8. The van der Waals surface area contributed by atoms with Crippen molar-refractivity contribution in [3.05, 3.63) is 64.8 Å². The van der Waals surface area contributed by atoms with Crippen molar-refractivity contribution in [1.29, 1.82) is 0 Å². The quantitative estimate of drug-likeness (QED) is 0.418. The maximum atomic E-state index is 12.2. The fourth-order valence-corrected chi connectivity index (χ4v) is 3.76. The number of non-ortho nitro benzene ring substituents is 1. The highest BCUT2D eigenvalue weighted by atomic mass is 32.2. The number of nitrogens with one attached hydrogen (secondary N) is 1. The Morgan fingerprint density at radius 1 is 1.14 bits per heavy atom. The molecule has 0 saturated heterocycles. The molecule has 0 amide bonds. The van der Waals surface area contributed by atoms with Crippen molar-refractivity contribution in [1.82, 2.24) is 9.97 Å². The molecule has 8 nitrogen and oxygen atoms in total. The monoisotopic (exact) mass is 396 g/mol. The van der Waals surface area contributed by atoms with Crippen LogP contribution in [0, 0.1) is 10.1 Å². The smallest absolute Gasteiger partial charge is 0.270 e. The van der Waals surface area contributed by atoms with Crippen molar-refractivity contribution in [2.24, 2.45) is 0 Å². The minimum atomic E-state index is -3.54. The molecule has 0 spiro atoms. The van der Waals surface area contributed by atoms with Gasteiger partial charge in [0.25, 0.3) is 5.69 Å². The number of rotatable bonds is 4. The van der Waals surface area contributed by atoms with Gasteiger partial charge in [0.05, 0.1) is 23.1 Å². The van der Waals surface area contributed by atoms with Gasteiger partial charge in [0.2, 0.25) is 10.0 Å². The third kappa shape index (κ3) is 2.85. The molecule has 2 aromatic heterocycles. The predicted molar refractivity (Wildman–Crippen MR) is 109 cm³/mol. The second-order valence-corrected chi connectivity index (χ2v) is 8.46. The van der Waals surface area contributed by atoms with E-state index in [1.807, 2.05) is 30.3 Å². The summed E-state index contributed by atoms with van der Waals surface area (Å²) >= 11 is 0. The third-order valence-corrected chi connectivity index (χ3v) is 5.89. The number of nitro groups is 1. The van der Waals surface area contributed by atoms with Gasteiger partial charge in [0.1, 0.15) is 5.65 Å². The molecule has 2 heterocycles. The summed E-state index contributed by atoms with van der Waals surface area (Å²) in [5, 5.41) is 12.5. The number of hydrogen-bond donors (Lipinski definition) is 1. The van der Waals surface area contributed by atoms with Crippen molar-refractivity contribution in [2.45, 2.75) is 0 Å². The van der Waals surface area contributed by atoms with E-state index in [2.05, 4.69) is 9.97 Å². The zero-order valence-corrected chi connectivity index (χ0v) is 15.9. The predicted octanol–water partition coefficient (Wildman–Crippen LogP) is 3.69. The average molecular weight is 396 g/mol. The van der Waals surface area contributed by atoms with Crippen molar-refractivity contribution in [3.8, 4) is 11.1 Å². The molecule has 0 saturated carbocycles. The molecule has 0 radical (unpaired) electrons. The number of aromatic amines is 1. The highest BCUT2D eigenvalue weighted by molar-refractivity contribution is 7.92. The first-order chi connectivity index (χ1) is 13.3. The molecule has 4 aromatic rings. The largest absolute Gasteiger partial charge is 0.339 e. The van der Waals surface area contributed by atoms with Crippen LogP contribution in [0.3, 0.4) is 0 Å². The highest BCUT2D eigenvalue weighted by Gasteiger charge is 2.23. The van der Waals surface area contributed by atoms with E-state index in [1.165, 1.54) is 25.4 Å². The number of fused-ring (bicyclic) bond motifs is 3. The van der Waals surface area contributed by atoms with E-state index in [1.54, 1.807) is 6.07 Å². The summed E-state index contributed by atoms with van der Waals surface area (Å²) in [7, 11) is -2.08. The van der Waals surface area contributed by atoms with Gasteiger partial charge in [-0.05, 0) is 11.6 Å². The van der Waals surface area contributed by atoms with Crippen LogP contribution in [0.15, 0.2) is 54.7 Å². The molecule has 1 N–H and O–H groups in total. The topological polar surface area (TPSA) is 109 Å². The van der Waals surface area contributed by atoms with Crippen molar-refractivity contribution in [2.75, 3.05) is 17.6 Å². The average Bonchev–Trinajstić information content (AvgIpc) is 3.04. The van der Waals surface area contributed by atoms with Crippen LogP contribution in [0.5, 0.6) is 0 Å². The number of sulfonamides is 1. The first-order valence-electron chi connectivity index (χ1n) is 8.35. The number of H-pyrrole nitrogens is 1. The van der Waals surface area contributed by atoms with Crippen LogP contribution in [-0.2, 0) is 10.0 Å². The molecule has 0 aliphatic rings. The van der Waals surface area contributed by atoms with Crippen LogP contribution in [0.1, 0.15) is 0 Å². The van der Waals surface area contributed by atoms with E-state index < -0.39 is 14.9 Å². The van der Waals surface area contributed by atoms with Crippen molar-refractivity contribution in [3.63, 3.8) is 0 Å². The summed E-state index contributed by atoms with van der Waals surface area (Å²) in [5.41, 5.74) is 2.99. The van der Waals surface area contributed by atoms with Crippen LogP contribution < -0.4 is 4.31 Å². The SMILES string of the molecule is CN(c1cnc2[nH]c3ccc([N+](=O)[O-])cc3c2c1-c1ccccc1)S(C)(=O)=O. The number of anilines is 1. The van der Waals surface area contributed by atoms with E-state index in [0.717, 1.165) is 16.1 Å². The lowest BCUT2D eigenvalue weighted by molar-refractivity contribution is -0.384. The Balaban J connectivity index is 2.18. The lowest BCUT2D eigenvalue weighted by Gasteiger charge is -2.20. The van der Waals surface area contributed by atoms with Gasteiger partial charge < -0.3 is 4.98 Å². The Morgan fingerprint density at radius 3 is 2.50 bits per heavy atom. The van der Waals surface area contributed by atoms with Gasteiger partial charge in [-0.3, -0.25) is 14.4 Å². The lowest BCUT2D eigenvalue weighted by Crippen LogP contribution is -2.25. The molecule has 2 aromatic carbocycles. The van der Waals surface area contributed by atoms with Crippen LogP contribution in [0.25, 0.3) is 33.1 Å². The number of benzene rings is 2. The number of aromatic nitrogens is 2. The maximum absolute atomic E-state index is 12.2. The van der Waals surface area contributed by atoms with Gasteiger partial charge >= 0.3 is 0 Å². The molecule has 0 unspecified atom stereocenters. The Morgan fingerprint density at radius 2 is 1.86 bits per heavy atom. The lowest BCUT2D eigenvalue weighted by atomic mass is 9.99. The molecule has 0 bridgehead atoms. The third-order valence-electron chi connectivity index (χ3n) is 4.69. The molecule has 0 aliphatic carbocycles. The Kier molecular flexibility index (Phi) is 4.04. The fourth-order valence-electron chi connectivity index (χ4n) is 3.26. The van der Waals surface area contributed by atoms with E-state index in [-0.39, 0.29) is 5.69 Å². The Bertz CT molecular complexity index is 1330. The van der Waals surface area contributed by atoms with Gasteiger partial charge in [-0.2, -0.15) is 0 Å². The Labute approximate surface area is 160 Å². The van der Waals surface area contributed by atoms with Gasteiger partial charge in [-0.15, -0.1) is 0 Å². The maximum Gasteiger partial charge on any atom is 0.270 e. The van der Waals surface area contributed by atoms with E-state index in [9.17, 15) is 18.5 Å². The van der Waals surface area contributed by atoms with Crippen LogP contribution in [-0.4, -0.2) is 36.6 Å². The molecular formula is C19H16N4O4S. The standard InChI is InChI=1S/C19H16N4O4S/c1-22(28(2,26)27)16-11-20-19-18(17(16)12-6-4-3-5-7-12)14-10-13(23(24)25)8-9-15(14)21-19/h3-11H,1-2H3,(H,20,21). The second kappa shape index (κ2) is 6.31. The number of hydrogen-bond acceptors (Lipinski definition) is 5. The summed E-state index contributed by atoms with van der Waals surface area (Å²) in [6.45, 7) is 0. The number of pyridine rings is 1. The van der Waals surface area contributed by atoms with Crippen LogP contribution in [0.4, 0.5) is 11.4 Å². The molecular weight excluding hydrogens is 380 g/mol. The zero-order chi connectivity index (χ0) is 20.1. The van der Waals surface area contributed by atoms with E-state index >= 15 is 0 Å². The molecule has 142 valence electrons. The van der Waals surface area contributed by atoms with Gasteiger partial charge in [0.15, 0.2) is 0 Å². The summed E-state index contributed by atoms with van der Waals surface area (Å²) in [5.74, 6) is 0. The van der Waals surface area contributed by atoms with Gasteiger partial charge in [0, 0.05) is 41.0 Å². The minimum Gasteiger partial charge on any atom is -0.339 e. The number of nitrogens with zero attached hydrogens (tertiary/aromatic N) is 3. The zero-order valence-electron chi connectivity index (χ0n) is 15.1. The van der Waals surface area contributed by atoms with E-state index in [4.69, 9.17) is 0 Å². The minimum absolute atomic E-state index is 0.0470. The summed E-state index contributed by atoms with van der Waals surface area (Å²) in [4.78, 5) is 18.3. The molecule has 0 atom stereocenters. The van der Waals surface area contributed by atoms with Crippen molar-refractivity contribution >= 4 is 43.3 Å². The number of nitro benzene ring substituents is 1. The van der Waals surface area contributed by atoms with Crippen LogP contribution in [0.2, 0.25) is 0 Å². The molecule has 9 heteroatoms. The molecule has 0 aliphatic heterocycles. The summed E-state index contributed by atoms with van der Waals surface area (Å²) in [6.07, 6.45) is 2.61. The van der Waals surface area contributed by atoms with Crippen molar-refractivity contribution < 1.29 is 13.3 Å². The Hall–Kier alpha value is -3.46. The second-order valence-electron chi connectivity index (χ2n) is 6.45. The fraction of sp³-hybridized carbons (Fsp3) is 0.105. The normalized spacial score (nSPS) is 11.8. The molecule has 0 fully saturated rings. The first kappa shape index (κ1) is 17.9. The highest BCUT2D eigenvalue weighted by Crippen LogP contribution is 2.41. The molecule has 28 heavy (non-hydrogen) atoms. The first-order valence-corrected chi connectivity index (χ1v) is 10.2. The van der Waals surface area contributed by atoms with Gasteiger partial charge in [-0.1, -0.05) is 30.3 Å². The molecule has 4 rings (SSSR count). The van der Waals surface area contributed by atoms with Gasteiger partial charge in [-0.25, -0.2) is 13.4 Å². The van der Waals surface area contributed by atoms with Crippen LogP contribution >= 0.6 is 0 Å².